The summed E-state index contributed by atoms with van der Waals surface area (Å²) in [4.78, 5) is 23.7. The van der Waals surface area contributed by atoms with Crippen molar-refractivity contribution in [2.75, 3.05) is 38.3 Å². The summed E-state index contributed by atoms with van der Waals surface area (Å²) >= 11 is 0. The molecule has 0 radical (unpaired) electrons. The van der Waals surface area contributed by atoms with E-state index < -0.39 is 0 Å². The number of carbonyl (C=O) groups excluding carboxylic acids is 1. The van der Waals surface area contributed by atoms with Crippen molar-refractivity contribution >= 4 is 11.7 Å². The van der Waals surface area contributed by atoms with Gasteiger partial charge in [0.1, 0.15) is 17.9 Å². The van der Waals surface area contributed by atoms with E-state index in [9.17, 15) is 4.79 Å². The van der Waals surface area contributed by atoms with E-state index in [0.29, 0.717) is 13.1 Å². The third kappa shape index (κ3) is 4.85. The maximum Gasteiger partial charge on any atom is 0.224 e. The van der Waals surface area contributed by atoms with Crippen LogP contribution in [0, 0.1) is 5.92 Å². The fraction of sp³-hybridized carbons (Fsp3) is 0.500. The monoisotopic (exact) mass is 396 g/mol. The third-order valence-corrected chi connectivity index (χ3v) is 5.68. The van der Waals surface area contributed by atoms with Crippen molar-refractivity contribution in [3.8, 4) is 17.0 Å². The third-order valence-electron chi connectivity index (χ3n) is 5.68. The number of rotatable bonds is 6. The standard InChI is InChI=1S/C22H28N4O3/c1-28-18-8-6-16(7-9-18)20-12-21(25-15-24-20)26-10-2-4-17(14-26)22(27)23-13-19-5-3-11-29-19/h6-9,12,15,17,19H,2-5,10-11,13-14H2,1H3,(H,23,27). The fourth-order valence-corrected chi connectivity index (χ4v) is 4.00. The Labute approximate surface area is 171 Å². The van der Waals surface area contributed by atoms with E-state index in [4.69, 9.17) is 9.47 Å². The molecule has 29 heavy (non-hydrogen) atoms. The van der Waals surface area contributed by atoms with Crippen LogP contribution in [0.3, 0.4) is 0 Å². The summed E-state index contributed by atoms with van der Waals surface area (Å²) < 4.78 is 10.8. The van der Waals surface area contributed by atoms with E-state index in [-0.39, 0.29) is 17.9 Å². The second-order valence-corrected chi connectivity index (χ2v) is 7.66. The molecule has 7 heteroatoms. The molecule has 2 aliphatic heterocycles. The van der Waals surface area contributed by atoms with Gasteiger partial charge in [-0.15, -0.1) is 0 Å². The maximum atomic E-state index is 12.6. The van der Waals surface area contributed by atoms with Crippen LogP contribution in [-0.4, -0.2) is 55.3 Å². The van der Waals surface area contributed by atoms with Crippen molar-refractivity contribution in [1.82, 2.24) is 15.3 Å². The average Bonchev–Trinajstić information content (AvgIpc) is 3.31. The molecule has 0 spiro atoms. The SMILES string of the molecule is COc1ccc(-c2cc(N3CCCC(C(=O)NCC4CCCO4)C3)ncn2)cc1. The highest BCUT2D eigenvalue weighted by Crippen LogP contribution is 2.26. The number of amides is 1. The molecule has 1 N–H and O–H groups in total. The van der Waals surface area contributed by atoms with Gasteiger partial charge in [0.2, 0.25) is 5.91 Å². The zero-order valence-electron chi connectivity index (χ0n) is 16.8. The minimum absolute atomic E-state index is 0.0236. The number of carbonyl (C=O) groups is 1. The Morgan fingerprint density at radius 3 is 2.86 bits per heavy atom. The van der Waals surface area contributed by atoms with Crippen LogP contribution in [0.4, 0.5) is 5.82 Å². The Morgan fingerprint density at radius 2 is 2.10 bits per heavy atom. The Kier molecular flexibility index (Phi) is 6.24. The first kappa shape index (κ1) is 19.6. The van der Waals surface area contributed by atoms with Crippen LogP contribution in [0.25, 0.3) is 11.3 Å². The normalized spacial score (nSPS) is 21.8. The molecule has 4 rings (SSSR count). The van der Waals surface area contributed by atoms with E-state index in [1.54, 1.807) is 13.4 Å². The van der Waals surface area contributed by atoms with Crippen molar-refractivity contribution in [3.05, 3.63) is 36.7 Å². The number of hydrogen-bond donors (Lipinski definition) is 1. The van der Waals surface area contributed by atoms with Crippen LogP contribution in [0.15, 0.2) is 36.7 Å². The molecule has 3 heterocycles. The molecular formula is C22H28N4O3. The first-order chi connectivity index (χ1) is 14.2. The molecule has 2 aliphatic rings. The number of benzene rings is 1. The van der Waals surface area contributed by atoms with Gasteiger partial charge in [-0.1, -0.05) is 0 Å². The molecule has 0 bridgehead atoms. The summed E-state index contributed by atoms with van der Waals surface area (Å²) in [5.41, 5.74) is 1.87. The number of methoxy groups -OCH3 is 1. The predicted octanol–water partition coefficient (Wildman–Crippen LogP) is 2.66. The van der Waals surface area contributed by atoms with Crippen LogP contribution in [0.2, 0.25) is 0 Å². The van der Waals surface area contributed by atoms with Crippen LogP contribution >= 0.6 is 0 Å². The van der Waals surface area contributed by atoms with Gasteiger partial charge in [-0.05, 0) is 49.9 Å². The molecule has 1 aromatic carbocycles. The number of hydrogen-bond acceptors (Lipinski definition) is 6. The van der Waals surface area contributed by atoms with Crippen molar-refractivity contribution in [2.24, 2.45) is 5.92 Å². The highest BCUT2D eigenvalue weighted by Gasteiger charge is 2.27. The topological polar surface area (TPSA) is 76.6 Å². The van der Waals surface area contributed by atoms with Crippen LogP contribution < -0.4 is 15.0 Å². The summed E-state index contributed by atoms with van der Waals surface area (Å²) in [5, 5.41) is 3.08. The van der Waals surface area contributed by atoms with E-state index >= 15 is 0 Å². The number of ether oxygens (including phenoxy) is 2. The highest BCUT2D eigenvalue weighted by atomic mass is 16.5. The highest BCUT2D eigenvalue weighted by molar-refractivity contribution is 5.79. The molecule has 154 valence electrons. The van der Waals surface area contributed by atoms with Gasteiger partial charge in [0, 0.05) is 37.9 Å². The number of anilines is 1. The predicted molar refractivity (Wildman–Crippen MR) is 111 cm³/mol. The Hall–Kier alpha value is -2.67. The lowest BCUT2D eigenvalue weighted by molar-refractivity contribution is -0.125. The zero-order chi connectivity index (χ0) is 20.1. The molecule has 7 nitrogen and oxygen atoms in total. The minimum atomic E-state index is -0.0236. The molecule has 1 aromatic heterocycles. The van der Waals surface area contributed by atoms with E-state index in [1.165, 1.54) is 0 Å². The lowest BCUT2D eigenvalue weighted by Gasteiger charge is -2.33. The Morgan fingerprint density at radius 1 is 1.24 bits per heavy atom. The molecule has 2 aromatic rings. The number of piperidine rings is 1. The van der Waals surface area contributed by atoms with Crippen molar-refractivity contribution < 1.29 is 14.3 Å². The van der Waals surface area contributed by atoms with Crippen molar-refractivity contribution in [3.63, 3.8) is 0 Å². The number of nitrogens with zero attached hydrogens (tertiary/aromatic N) is 3. The van der Waals surface area contributed by atoms with Crippen LogP contribution in [0.5, 0.6) is 5.75 Å². The summed E-state index contributed by atoms with van der Waals surface area (Å²) in [7, 11) is 1.65. The second-order valence-electron chi connectivity index (χ2n) is 7.66. The van der Waals surface area contributed by atoms with Crippen LogP contribution in [0.1, 0.15) is 25.7 Å². The quantitative estimate of drug-likeness (QED) is 0.809. The molecular weight excluding hydrogens is 368 g/mol. The Bertz CT molecular complexity index is 821. The first-order valence-electron chi connectivity index (χ1n) is 10.3. The summed E-state index contributed by atoms with van der Waals surface area (Å²) in [6, 6.07) is 9.82. The minimum Gasteiger partial charge on any atom is -0.497 e. The maximum absolute atomic E-state index is 12.6. The summed E-state index contributed by atoms with van der Waals surface area (Å²) in [5.74, 6) is 1.78. The van der Waals surface area contributed by atoms with Gasteiger partial charge in [-0.2, -0.15) is 0 Å². The summed E-state index contributed by atoms with van der Waals surface area (Å²) in [6.45, 7) is 3.00. The molecule has 2 atom stereocenters. The largest absolute Gasteiger partial charge is 0.497 e. The van der Waals surface area contributed by atoms with Gasteiger partial charge < -0.3 is 19.7 Å². The van der Waals surface area contributed by atoms with E-state index in [1.807, 2.05) is 30.3 Å². The van der Waals surface area contributed by atoms with E-state index in [2.05, 4.69) is 20.2 Å². The van der Waals surface area contributed by atoms with Gasteiger partial charge in [0.05, 0.1) is 24.8 Å². The van der Waals surface area contributed by atoms with E-state index in [0.717, 1.165) is 61.7 Å². The molecule has 2 unspecified atom stereocenters. The molecule has 1 amide bonds. The average molecular weight is 396 g/mol. The summed E-state index contributed by atoms with van der Waals surface area (Å²) in [6.07, 6.45) is 5.77. The first-order valence-corrected chi connectivity index (χ1v) is 10.3. The molecule has 2 fully saturated rings. The molecule has 2 saturated heterocycles. The van der Waals surface area contributed by atoms with Crippen molar-refractivity contribution in [1.29, 1.82) is 0 Å². The van der Waals surface area contributed by atoms with Gasteiger partial charge in [-0.25, -0.2) is 9.97 Å². The van der Waals surface area contributed by atoms with Crippen molar-refractivity contribution in [2.45, 2.75) is 31.8 Å². The second kappa shape index (κ2) is 9.22. The van der Waals surface area contributed by atoms with Gasteiger partial charge in [-0.3, -0.25) is 4.79 Å². The van der Waals surface area contributed by atoms with Gasteiger partial charge >= 0.3 is 0 Å². The lowest BCUT2D eigenvalue weighted by atomic mass is 9.97. The molecule has 0 saturated carbocycles. The number of nitrogens with one attached hydrogen (secondary N) is 1. The van der Waals surface area contributed by atoms with Gasteiger partial charge in [0.25, 0.3) is 0 Å². The Balaban J connectivity index is 1.40. The molecule has 0 aliphatic carbocycles. The lowest BCUT2D eigenvalue weighted by Crippen LogP contribution is -2.45. The smallest absolute Gasteiger partial charge is 0.224 e. The van der Waals surface area contributed by atoms with Gasteiger partial charge in [0.15, 0.2) is 0 Å². The van der Waals surface area contributed by atoms with Crippen LogP contribution in [-0.2, 0) is 9.53 Å². The number of aromatic nitrogens is 2. The fourth-order valence-electron chi connectivity index (χ4n) is 4.00. The zero-order valence-corrected chi connectivity index (χ0v) is 16.8.